The highest BCUT2D eigenvalue weighted by Gasteiger charge is 2.23. The van der Waals surface area contributed by atoms with Gasteiger partial charge in [0.05, 0.1) is 16.8 Å². The Labute approximate surface area is 317 Å². The smallest absolute Gasteiger partial charge is 0.143 e. The second-order valence-electron chi connectivity index (χ2n) is 14.1. The van der Waals surface area contributed by atoms with Crippen LogP contribution in [0.25, 0.3) is 88.0 Å². The van der Waals surface area contributed by atoms with E-state index in [-0.39, 0.29) is 0 Å². The summed E-state index contributed by atoms with van der Waals surface area (Å²) in [5, 5.41) is 6.66. The van der Waals surface area contributed by atoms with E-state index in [1.54, 1.807) is 0 Å². The fraction of sp³-hybridized carbons (Fsp3) is 0. The molecule has 0 fully saturated rings. The van der Waals surface area contributed by atoms with Gasteiger partial charge in [-0.1, -0.05) is 146 Å². The van der Waals surface area contributed by atoms with Gasteiger partial charge in [0.25, 0.3) is 0 Å². The highest BCUT2D eigenvalue weighted by Crippen LogP contribution is 2.47. The van der Waals surface area contributed by atoms with Crippen LogP contribution < -0.4 is 4.90 Å². The van der Waals surface area contributed by atoms with Gasteiger partial charge in [-0.05, 0) is 87.8 Å². The third-order valence-corrected chi connectivity index (χ3v) is 10.9. The van der Waals surface area contributed by atoms with Gasteiger partial charge in [-0.25, -0.2) is 0 Å². The normalized spacial score (nSPS) is 11.6. The Kier molecular flexibility index (Phi) is 7.17. The van der Waals surface area contributed by atoms with Crippen molar-refractivity contribution in [2.75, 3.05) is 4.90 Å². The summed E-state index contributed by atoms with van der Waals surface area (Å²) in [6.45, 7) is 0. The van der Waals surface area contributed by atoms with Crippen molar-refractivity contribution < 1.29 is 8.83 Å². The summed E-state index contributed by atoms with van der Waals surface area (Å²) in [5.74, 6) is 0. The Hall–Kier alpha value is -7.36. The van der Waals surface area contributed by atoms with Crippen LogP contribution in [0.5, 0.6) is 0 Å². The lowest BCUT2D eigenvalue weighted by Gasteiger charge is -2.28. The fourth-order valence-corrected chi connectivity index (χ4v) is 8.22. The molecule has 0 radical (unpaired) electrons. The van der Waals surface area contributed by atoms with Crippen LogP contribution in [0.3, 0.4) is 0 Å². The molecular weight excluding hydrogens is 671 g/mol. The van der Waals surface area contributed by atoms with Crippen molar-refractivity contribution in [2.45, 2.75) is 0 Å². The number of hydrogen-bond donors (Lipinski definition) is 0. The summed E-state index contributed by atoms with van der Waals surface area (Å²) in [6.07, 6.45) is 0. The highest BCUT2D eigenvalue weighted by atomic mass is 16.3. The van der Waals surface area contributed by atoms with E-state index in [0.717, 1.165) is 88.4 Å². The van der Waals surface area contributed by atoms with Gasteiger partial charge in [0.15, 0.2) is 0 Å². The maximum atomic E-state index is 6.70. The van der Waals surface area contributed by atoms with Gasteiger partial charge < -0.3 is 13.7 Å². The minimum Gasteiger partial charge on any atom is -0.456 e. The van der Waals surface area contributed by atoms with Crippen molar-refractivity contribution >= 4 is 71.7 Å². The average Bonchev–Trinajstić information content (AvgIpc) is 3.84. The number of fused-ring (bicyclic) bond motifs is 8. The molecule has 11 rings (SSSR count). The molecule has 2 heterocycles. The lowest BCUT2D eigenvalue weighted by molar-refractivity contribution is 0.669. The molecule has 0 aliphatic rings. The zero-order valence-corrected chi connectivity index (χ0v) is 29.8. The Balaban J connectivity index is 1.10. The van der Waals surface area contributed by atoms with Crippen LogP contribution in [0.15, 0.2) is 209 Å². The molecule has 0 unspecified atom stereocenters. The average molecular weight is 704 g/mol. The molecular formula is C52H33NO2. The molecule has 0 aliphatic carbocycles. The van der Waals surface area contributed by atoms with Gasteiger partial charge in [0.2, 0.25) is 0 Å². The molecule has 9 aromatic carbocycles. The van der Waals surface area contributed by atoms with Crippen LogP contribution in [0.1, 0.15) is 0 Å². The van der Waals surface area contributed by atoms with Crippen LogP contribution in [0.4, 0.5) is 17.1 Å². The van der Waals surface area contributed by atoms with E-state index in [2.05, 4.69) is 193 Å². The summed E-state index contributed by atoms with van der Waals surface area (Å²) in [4.78, 5) is 2.39. The fourth-order valence-electron chi connectivity index (χ4n) is 8.22. The topological polar surface area (TPSA) is 29.5 Å². The number of para-hydroxylation sites is 2. The van der Waals surface area contributed by atoms with E-state index in [9.17, 15) is 0 Å². The van der Waals surface area contributed by atoms with Crippen molar-refractivity contribution in [1.29, 1.82) is 0 Å². The zero-order chi connectivity index (χ0) is 36.3. The number of benzene rings is 9. The highest BCUT2D eigenvalue weighted by molar-refractivity contribution is 6.20. The molecule has 0 atom stereocenters. The first-order valence-electron chi connectivity index (χ1n) is 18.7. The number of hydrogen-bond acceptors (Lipinski definition) is 3. The monoisotopic (exact) mass is 703 g/mol. The zero-order valence-electron chi connectivity index (χ0n) is 29.8. The Morgan fingerprint density at radius 3 is 1.75 bits per heavy atom. The van der Waals surface area contributed by atoms with Crippen LogP contribution in [-0.2, 0) is 0 Å². The van der Waals surface area contributed by atoms with Crippen molar-refractivity contribution in [3.63, 3.8) is 0 Å². The van der Waals surface area contributed by atoms with E-state index in [4.69, 9.17) is 8.83 Å². The summed E-state index contributed by atoms with van der Waals surface area (Å²) in [6, 6.07) is 71.0. The Morgan fingerprint density at radius 1 is 0.327 bits per heavy atom. The summed E-state index contributed by atoms with van der Waals surface area (Å²) in [5.41, 5.74) is 13.7. The predicted molar refractivity (Wildman–Crippen MR) is 229 cm³/mol. The van der Waals surface area contributed by atoms with E-state index < -0.39 is 0 Å². The molecule has 0 saturated carbocycles. The number of nitrogens with zero attached hydrogens (tertiary/aromatic N) is 1. The van der Waals surface area contributed by atoms with Crippen LogP contribution in [-0.4, -0.2) is 0 Å². The molecule has 258 valence electrons. The maximum absolute atomic E-state index is 6.70. The third kappa shape index (κ3) is 5.20. The Bertz CT molecular complexity index is 3190. The first-order chi connectivity index (χ1) is 27.3. The van der Waals surface area contributed by atoms with Crippen molar-refractivity contribution in [1.82, 2.24) is 0 Å². The van der Waals surface area contributed by atoms with Gasteiger partial charge in [0, 0.05) is 32.8 Å². The van der Waals surface area contributed by atoms with Gasteiger partial charge in [0.1, 0.15) is 22.3 Å². The maximum Gasteiger partial charge on any atom is 0.143 e. The van der Waals surface area contributed by atoms with Gasteiger partial charge >= 0.3 is 0 Å². The summed E-state index contributed by atoms with van der Waals surface area (Å²) < 4.78 is 12.9. The standard InChI is InChI=1S/C52H33NO2/c1-2-11-34(12-3-1)35-21-23-36(24-22-35)37-25-29-40(30-26-37)53(47-18-10-20-50-51(47)44-31-27-38-13-4-5-15-42(38)52(44)55-50)46-17-8-6-14-41(46)39-28-32-49-45(33-39)43-16-7-9-19-48(43)54-49/h1-33H. The third-order valence-electron chi connectivity index (χ3n) is 10.9. The summed E-state index contributed by atoms with van der Waals surface area (Å²) in [7, 11) is 0. The molecule has 11 aromatic rings. The lowest BCUT2D eigenvalue weighted by Crippen LogP contribution is -2.11. The van der Waals surface area contributed by atoms with Crippen LogP contribution in [0, 0.1) is 0 Å². The molecule has 0 N–H and O–H groups in total. The second-order valence-corrected chi connectivity index (χ2v) is 14.1. The minimum atomic E-state index is 0.854. The van der Waals surface area contributed by atoms with Crippen LogP contribution >= 0.6 is 0 Å². The number of rotatable bonds is 6. The van der Waals surface area contributed by atoms with E-state index in [0.29, 0.717) is 0 Å². The molecule has 0 saturated heterocycles. The lowest BCUT2D eigenvalue weighted by atomic mass is 9.98. The van der Waals surface area contributed by atoms with Crippen molar-refractivity contribution in [2.24, 2.45) is 0 Å². The first-order valence-corrected chi connectivity index (χ1v) is 18.7. The van der Waals surface area contributed by atoms with E-state index in [1.807, 2.05) is 12.1 Å². The molecule has 2 aromatic heterocycles. The second kappa shape index (κ2) is 12.6. The minimum absolute atomic E-state index is 0.854. The summed E-state index contributed by atoms with van der Waals surface area (Å²) >= 11 is 0. The number of anilines is 3. The van der Waals surface area contributed by atoms with Crippen molar-refractivity contribution in [3.8, 4) is 33.4 Å². The molecule has 0 spiro atoms. The number of furan rings is 2. The van der Waals surface area contributed by atoms with Crippen LogP contribution in [0.2, 0.25) is 0 Å². The molecule has 0 amide bonds. The Morgan fingerprint density at radius 2 is 0.927 bits per heavy atom. The molecule has 55 heavy (non-hydrogen) atoms. The molecule has 3 heteroatoms. The van der Waals surface area contributed by atoms with Gasteiger partial charge in [-0.2, -0.15) is 0 Å². The van der Waals surface area contributed by atoms with Gasteiger partial charge in [-0.15, -0.1) is 0 Å². The molecule has 0 aliphatic heterocycles. The predicted octanol–water partition coefficient (Wildman–Crippen LogP) is 15.1. The van der Waals surface area contributed by atoms with E-state index >= 15 is 0 Å². The van der Waals surface area contributed by atoms with E-state index in [1.165, 1.54) is 16.7 Å². The quantitative estimate of drug-likeness (QED) is 0.173. The first kappa shape index (κ1) is 31.2. The molecule has 3 nitrogen and oxygen atoms in total. The largest absolute Gasteiger partial charge is 0.456 e. The molecule has 0 bridgehead atoms. The van der Waals surface area contributed by atoms with Gasteiger partial charge in [-0.3, -0.25) is 0 Å². The van der Waals surface area contributed by atoms with Crippen molar-refractivity contribution in [3.05, 3.63) is 200 Å². The SMILES string of the molecule is c1ccc(-c2ccc(-c3ccc(N(c4ccccc4-c4ccc5oc6ccccc6c5c4)c4cccc5oc6c7ccccc7ccc6c45)cc3)cc2)cc1.